The molecule has 0 aromatic heterocycles. The zero-order valence-electron chi connectivity index (χ0n) is 15.4. The van der Waals surface area contributed by atoms with Crippen LogP contribution in [0.5, 0.6) is 5.75 Å². The van der Waals surface area contributed by atoms with Crippen molar-refractivity contribution >= 4 is 23.6 Å². The number of para-hydroxylation sites is 1. The molecule has 7 heteroatoms. The Bertz CT molecular complexity index is 601. The van der Waals surface area contributed by atoms with Crippen LogP contribution in [0.15, 0.2) is 24.3 Å². The Hall–Kier alpha value is -1.95. The van der Waals surface area contributed by atoms with Crippen molar-refractivity contribution in [1.29, 1.82) is 0 Å². The first-order chi connectivity index (χ1) is 12.5. The summed E-state index contributed by atoms with van der Waals surface area (Å²) in [5.41, 5.74) is 0. The summed E-state index contributed by atoms with van der Waals surface area (Å²) in [6.07, 6.45) is 0.752. The van der Waals surface area contributed by atoms with Crippen LogP contribution >= 0.6 is 11.6 Å². The van der Waals surface area contributed by atoms with Gasteiger partial charge in [0.25, 0.3) is 0 Å². The van der Waals surface area contributed by atoms with Crippen molar-refractivity contribution in [2.24, 2.45) is 5.92 Å². The van der Waals surface area contributed by atoms with Crippen molar-refractivity contribution < 1.29 is 19.1 Å². The highest BCUT2D eigenvalue weighted by atomic mass is 35.5. The molecule has 1 heterocycles. The van der Waals surface area contributed by atoms with E-state index in [0.29, 0.717) is 68.9 Å². The van der Waals surface area contributed by atoms with Crippen LogP contribution < -0.4 is 4.74 Å². The van der Waals surface area contributed by atoms with Crippen LogP contribution in [0.4, 0.5) is 4.79 Å². The number of ether oxygens (including phenoxy) is 2. The molecule has 1 aromatic rings. The zero-order chi connectivity index (χ0) is 18.9. The summed E-state index contributed by atoms with van der Waals surface area (Å²) in [7, 11) is 0. The van der Waals surface area contributed by atoms with Crippen molar-refractivity contribution in [1.82, 2.24) is 9.80 Å². The first-order valence-electron chi connectivity index (χ1n) is 9.04. The van der Waals surface area contributed by atoms with Gasteiger partial charge < -0.3 is 19.3 Å². The first-order valence-corrected chi connectivity index (χ1v) is 9.42. The summed E-state index contributed by atoms with van der Waals surface area (Å²) < 4.78 is 10.8. The molecule has 26 heavy (non-hydrogen) atoms. The van der Waals surface area contributed by atoms with Crippen LogP contribution in [0.2, 0.25) is 5.02 Å². The average molecular weight is 383 g/mol. The van der Waals surface area contributed by atoms with Gasteiger partial charge in [0.05, 0.1) is 18.2 Å². The number of benzene rings is 1. The summed E-state index contributed by atoms with van der Waals surface area (Å²) >= 11 is 6.02. The molecule has 6 nitrogen and oxygen atoms in total. The Morgan fingerprint density at radius 2 is 1.77 bits per heavy atom. The standard InChI is InChI=1S/C19H27ClN2O4/c1-15(2)14-26-19(24)22-11-9-21(10-12-22)18(23)8-5-13-25-17-7-4-3-6-16(17)20/h3-4,6-7,15H,5,8-14H2,1-2H3. The molecular formula is C19H27ClN2O4. The predicted octanol–water partition coefficient (Wildman–Crippen LogP) is 3.44. The molecule has 0 unspecified atom stereocenters. The van der Waals surface area contributed by atoms with E-state index >= 15 is 0 Å². The second-order valence-electron chi connectivity index (χ2n) is 6.72. The fourth-order valence-corrected chi connectivity index (χ4v) is 2.78. The van der Waals surface area contributed by atoms with Gasteiger partial charge in [0.1, 0.15) is 5.75 Å². The number of halogens is 1. The van der Waals surface area contributed by atoms with Gasteiger partial charge in [-0.05, 0) is 24.5 Å². The van der Waals surface area contributed by atoms with Gasteiger partial charge in [0, 0.05) is 32.6 Å². The molecule has 2 amide bonds. The lowest BCUT2D eigenvalue weighted by Gasteiger charge is -2.34. The van der Waals surface area contributed by atoms with E-state index in [2.05, 4.69) is 0 Å². The number of piperazine rings is 1. The Morgan fingerprint density at radius 3 is 2.42 bits per heavy atom. The van der Waals surface area contributed by atoms with Gasteiger partial charge >= 0.3 is 6.09 Å². The highest BCUT2D eigenvalue weighted by Gasteiger charge is 2.24. The average Bonchev–Trinajstić information content (AvgIpc) is 2.64. The molecule has 0 radical (unpaired) electrons. The van der Waals surface area contributed by atoms with Crippen molar-refractivity contribution in [2.75, 3.05) is 39.4 Å². The van der Waals surface area contributed by atoms with E-state index in [4.69, 9.17) is 21.1 Å². The van der Waals surface area contributed by atoms with Crippen molar-refractivity contribution in [3.05, 3.63) is 29.3 Å². The summed E-state index contributed by atoms with van der Waals surface area (Å²) in [4.78, 5) is 27.7. The molecule has 144 valence electrons. The maximum atomic E-state index is 12.3. The predicted molar refractivity (Wildman–Crippen MR) is 101 cm³/mol. The molecule has 1 aliphatic heterocycles. The Labute approximate surface area is 160 Å². The third kappa shape index (κ3) is 6.41. The monoisotopic (exact) mass is 382 g/mol. The quantitative estimate of drug-likeness (QED) is 0.678. The lowest BCUT2D eigenvalue weighted by atomic mass is 10.2. The van der Waals surface area contributed by atoms with Gasteiger partial charge in [0.2, 0.25) is 5.91 Å². The molecule has 1 aromatic carbocycles. The summed E-state index contributed by atoms with van der Waals surface area (Å²) in [5.74, 6) is 1.04. The van der Waals surface area contributed by atoms with E-state index in [9.17, 15) is 9.59 Å². The van der Waals surface area contributed by atoms with E-state index in [1.54, 1.807) is 15.9 Å². The molecule has 1 fully saturated rings. The second-order valence-corrected chi connectivity index (χ2v) is 7.13. The third-order valence-corrected chi connectivity index (χ3v) is 4.37. The first kappa shape index (κ1) is 20.4. The van der Waals surface area contributed by atoms with Gasteiger partial charge in [-0.25, -0.2) is 4.79 Å². The van der Waals surface area contributed by atoms with Crippen LogP contribution in [0.3, 0.4) is 0 Å². The van der Waals surface area contributed by atoms with Gasteiger partial charge in [-0.3, -0.25) is 4.79 Å². The largest absolute Gasteiger partial charge is 0.492 e. The van der Waals surface area contributed by atoms with Crippen molar-refractivity contribution in [3.63, 3.8) is 0 Å². The van der Waals surface area contributed by atoms with Gasteiger partial charge in [-0.1, -0.05) is 37.6 Å². The zero-order valence-corrected chi connectivity index (χ0v) is 16.2. The highest BCUT2D eigenvalue weighted by Crippen LogP contribution is 2.23. The van der Waals surface area contributed by atoms with Crippen LogP contribution in [0.25, 0.3) is 0 Å². The molecule has 0 N–H and O–H groups in total. The molecular weight excluding hydrogens is 356 g/mol. The fraction of sp³-hybridized carbons (Fsp3) is 0.579. The second kappa shape index (κ2) is 10.3. The number of hydrogen-bond acceptors (Lipinski definition) is 4. The maximum absolute atomic E-state index is 12.3. The number of hydrogen-bond donors (Lipinski definition) is 0. The summed E-state index contributed by atoms with van der Waals surface area (Å²) in [6, 6.07) is 7.28. The van der Waals surface area contributed by atoms with Crippen LogP contribution in [-0.4, -0.2) is 61.2 Å². The van der Waals surface area contributed by atoms with E-state index in [1.165, 1.54) is 0 Å². The van der Waals surface area contributed by atoms with Crippen LogP contribution in [0.1, 0.15) is 26.7 Å². The van der Waals surface area contributed by atoms with E-state index in [0.717, 1.165) is 0 Å². The van der Waals surface area contributed by atoms with Gasteiger partial charge in [-0.2, -0.15) is 0 Å². The minimum absolute atomic E-state index is 0.0861. The molecule has 1 saturated heterocycles. The number of amides is 2. The van der Waals surface area contributed by atoms with Crippen LogP contribution in [0, 0.1) is 5.92 Å². The number of carbonyl (C=O) groups excluding carboxylic acids is 2. The Morgan fingerprint density at radius 1 is 1.12 bits per heavy atom. The molecule has 2 rings (SSSR count). The molecule has 0 aliphatic carbocycles. The minimum Gasteiger partial charge on any atom is -0.492 e. The SMILES string of the molecule is CC(C)COC(=O)N1CCN(C(=O)CCCOc2ccccc2Cl)CC1. The molecule has 0 atom stereocenters. The Balaban J connectivity index is 1.64. The lowest BCUT2D eigenvalue weighted by Crippen LogP contribution is -2.50. The summed E-state index contributed by atoms with van der Waals surface area (Å²) in [5, 5.41) is 0.569. The van der Waals surface area contributed by atoms with Gasteiger partial charge in [0.15, 0.2) is 0 Å². The van der Waals surface area contributed by atoms with Crippen molar-refractivity contribution in [3.8, 4) is 5.75 Å². The lowest BCUT2D eigenvalue weighted by molar-refractivity contribution is -0.133. The van der Waals surface area contributed by atoms with E-state index in [-0.39, 0.29) is 12.0 Å². The Kier molecular flexibility index (Phi) is 8.04. The highest BCUT2D eigenvalue weighted by molar-refractivity contribution is 6.32. The number of nitrogens with zero attached hydrogens (tertiary/aromatic N) is 2. The molecule has 0 spiro atoms. The maximum Gasteiger partial charge on any atom is 0.409 e. The van der Waals surface area contributed by atoms with Crippen LogP contribution in [-0.2, 0) is 9.53 Å². The topological polar surface area (TPSA) is 59.1 Å². The van der Waals surface area contributed by atoms with E-state index in [1.807, 2.05) is 32.0 Å². The number of rotatable bonds is 7. The van der Waals surface area contributed by atoms with E-state index < -0.39 is 0 Å². The molecule has 1 aliphatic rings. The normalized spacial score (nSPS) is 14.5. The van der Waals surface area contributed by atoms with Crippen molar-refractivity contribution in [2.45, 2.75) is 26.7 Å². The summed E-state index contributed by atoms with van der Waals surface area (Å²) in [6.45, 7) is 6.97. The third-order valence-electron chi connectivity index (χ3n) is 4.06. The molecule has 0 bridgehead atoms. The molecule has 0 saturated carbocycles. The number of carbonyl (C=O) groups is 2. The fourth-order valence-electron chi connectivity index (χ4n) is 2.59. The van der Waals surface area contributed by atoms with Gasteiger partial charge in [-0.15, -0.1) is 0 Å². The minimum atomic E-state index is -0.293. The smallest absolute Gasteiger partial charge is 0.409 e.